The van der Waals surface area contributed by atoms with E-state index in [-0.39, 0.29) is 24.5 Å². The Bertz CT molecular complexity index is 415. The minimum absolute atomic E-state index is 0.0395. The van der Waals surface area contributed by atoms with Crippen molar-refractivity contribution in [1.29, 1.82) is 10.5 Å². The van der Waals surface area contributed by atoms with E-state index in [4.69, 9.17) is 20.4 Å². The molecule has 0 aromatic heterocycles. The number of carbonyl (C=O) groups is 2. The molecule has 0 aliphatic heterocycles. The Morgan fingerprint density at radius 1 is 1.47 bits per heavy atom. The third-order valence-electron chi connectivity index (χ3n) is 1.85. The molecule has 0 fully saturated rings. The molecule has 0 aliphatic carbocycles. The maximum atomic E-state index is 11.1. The van der Waals surface area contributed by atoms with Crippen molar-refractivity contribution < 1.29 is 19.4 Å². The monoisotopic (exact) mass is 264 g/mol. The van der Waals surface area contributed by atoms with Gasteiger partial charge in [-0.1, -0.05) is 20.1 Å². The maximum absolute atomic E-state index is 11.1. The summed E-state index contributed by atoms with van der Waals surface area (Å²) in [5.74, 6) is -1.86. The largest absolute Gasteiger partial charge is 0.478 e. The van der Waals surface area contributed by atoms with Gasteiger partial charge in [-0.05, 0) is 6.42 Å². The number of carbonyl (C=O) groups excluding carboxylic acids is 1. The Morgan fingerprint density at radius 3 is 2.32 bits per heavy atom. The van der Waals surface area contributed by atoms with Crippen molar-refractivity contribution in [2.45, 2.75) is 19.8 Å². The highest BCUT2D eigenvalue weighted by molar-refractivity contribution is 5.88. The van der Waals surface area contributed by atoms with Gasteiger partial charge in [0, 0.05) is 11.6 Å². The Labute approximate surface area is 112 Å². The summed E-state index contributed by atoms with van der Waals surface area (Å²) in [5.41, 5.74) is 0.125. The van der Waals surface area contributed by atoms with Crippen LogP contribution >= 0.6 is 0 Å². The molecule has 0 aromatic rings. The molecular weight excluding hydrogens is 248 g/mol. The molecule has 102 valence electrons. The molecule has 0 spiro atoms. The average molecular weight is 264 g/mol. The van der Waals surface area contributed by atoms with Gasteiger partial charge in [-0.2, -0.15) is 10.5 Å². The Morgan fingerprint density at radius 2 is 2.00 bits per heavy atom. The van der Waals surface area contributed by atoms with Gasteiger partial charge in [0.05, 0.1) is 24.5 Å². The van der Waals surface area contributed by atoms with Crippen molar-refractivity contribution >= 4 is 11.9 Å². The number of hydrogen-bond donors (Lipinski definition) is 1. The second-order valence-corrected chi connectivity index (χ2v) is 3.31. The molecule has 1 atom stereocenters. The summed E-state index contributed by atoms with van der Waals surface area (Å²) in [6.07, 6.45) is 1.43. The Kier molecular flexibility index (Phi) is 11.7. The zero-order valence-corrected chi connectivity index (χ0v) is 10.8. The molecule has 1 unspecified atom stereocenters. The zero-order valence-electron chi connectivity index (χ0n) is 10.8. The highest BCUT2D eigenvalue weighted by Gasteiger charge is 2.11. The molecular formula is C13H16N2O4. The highest BCUT2D eigenvalue weighted by Crippen LogP contribution is 2.05. The summed E-state index contributed by atoms with van der Waals surface area (Å²) >= 11 is 0. The third kappa shape index (κ3) is 11.7. The number of ether oxygens (including phenoxy) is 1. The van der Waals surface area contributed by atoms with Crippen LogP contribution in [0, 0.1) is 28.6 Å². The fourth-order valence-electron chi connectivity index (χ4n) is 0.692. The number of esters is 1. The van der Waals surface area contributed by atoms with E-state index < -0.39 is 11.9 Å². The Hall–Kier alpha value is -2.60. The van der Waals surface area contributed by atoms with Crippen LogP contribution in [-0.4, -0.2) is 23.7 Å². The summed E-state index contributed by atoms with van der Waals surface area (Å²) < 4.78 is 4.79. The molecule has 6 nitrogen and oxygen atoms in total. The quantitative estimate of drug-likeness (QED) is 0.578. The van der Waals surface area contributed by atoms with Crippen molar-refractivity contribution in [2.24, 2.45) is 5.92 Å². The van der Waals surface area contributed by atoms with Gasteiger partial charge in [0.2, 0.25) is 0 Å². The van der Waals surface area contributed by atoms with Crippen molar-refractivity contribution in [3.8, 4) is 12.1 Å². The smallest absolute Gasteiger partial charge is 0.334 e. The molecule has 1 N–H and O–H groups in total. The number of carboxylic acid groups (broad SMARTS) is 1. The van der Waals surface area contributed by atoms with Gasteiger partial charge in [-0.15, -0.1) is 0 Å². The van der Waals surface area contributed by atoms with E-state index in [1.807, 2.05) is 13.0 Å². The van der Waals surface area contributed by atoms with Gasteiger partial charge in [-0.25, -0.2) is 9.59 Å². The molecule has 0 bridgehead atoms. The van der Waals surface area contributed by atoms with E-state index in [1.165, 1.54) is 0 Å². The van der Waals surface area contributed by atoms with Gasteiger partial charge in [0.25, 0.3) is 0 Å². The van der Waals surface area contributed by atoms with Crippen LogP contribution in [0.5, 0.6) is 0 Å². The molecule has 0 saturated heterocycles. The first kappa shape index (κ1) is 18.8. The standard InChI is InChI=1S/C10H12N2O2.C3H4O2/c1-3-9(6-12)7-14-10(13)8(2)4-5-11;1-2-3(4)5/h9H,2-4,7H2,1H3;2H,1H2,(H,4,5). The SMILES string of the molecule is C=C(CC#N)C(=O)OCC(C#N)CC.C=CC(=O)O. The number of nitriles is 2. The van der Waals surface area contributed by atoms with Crippen LogP contribution in [0.1, 0.15) is 19.8 Å². The first-order valence-corrected chi connectivity index (χ1v) is 5.39. The summed E-state index contributed by atoms with van der Waals surface area (Å²) in [6.45, 7) is 8.26. The van der Waals surface area contributed by atoms with E-state index in [0.29, 0.717) is 6.42 Å². The van der Waals surface area contributed by atoms with Crippen LogP contribution in [0.15, 0.2) is 24.8 Å². The van der Waals surface area contributed by atoms with Crippen molar-refractivity contribution in [2.75, 3.05) is 6.61 Å². The molecule has 0 saturated carbocycles. The zero-order chi connectivity index (χ0) is 15.3. The maximum Gasteiger partial charge on any atom is 0.334 e. The predicted octanol–water partition coefficient (Wildman–Crippen LogP) is 1.81. The van der Waals surface area contributed by atoms with Crippen molar-refractivity contribution in [3.63, 3.8) is 0 Å². The van der Waals surface area contributed by atoms with E-state index in [9.17, 15) is 9.59 Å². The molecule has 0 aliphatic rings. The summed E-state index contributed by atoms with van der Waals surface area (Å²) in [6, 6.07) is 3.80. The number of aliphatic carboxylic acids is 1. The summed E-state index contributed by atoms with van der Waals surface area (Å²) in [7, 11) is 0. The van der Waals surface area contributed by atoms with Crippen molar-refractivity contribution in [1.82, 2.24) is 0 Å². The minimum Gasteiger partial charge on any atom is -0.478 e. The topological polar surface area (TPSA) is 111 Å². The average Bonchev–Trinajstić information content (AvgIpc) is 2.40. The van der Waals surface area contributed by atoms with Gasteiger partial charge >= 0.3 is 11.9 Å². The van der Waals surface area contributed by atoms with E-state index >= 15 is 0 Å². The van der Waals surface area contributed by atoms with E-state index in [0.717, 1.165) is 6.08 Å². The van der Waals surface area contributed by atoms with E-state index in [1.54, 1.807) is 6.07 Å². The first-order chi connectivity index (χ1) is 8.92. The van der Waals surface area contributed by atoms with Crippen molar-refractivity contribution in [3.05, 3.63) is 24.8 Å². The lowest BCUT2D eigenvalue weighted by Crippen LogP contribution is -2.13. The van der Waals surface area contributed by atoms with Gasteiger partial charge in [-0.3, -0.25) is 0 Å². The van der Waals surface area contributed by atoms with Crippen LogP contribution in [0.25, 0.3) is 0 Å². The third-order valence-corrected chi connectivity index (χ3v) is 1.85. The number of nitrogens with zero attached hydrogens (tertiary/aromatic N) is 2. The normalized spacial score (nSPS) is 9.63. The fraction of sp³-hybridized carbons (Fsp3) is 0.385. The molecule has 0 aromatic carbocycles. The first-order valence-electron chi connectivity index (χ1n) is 5.39. The number of carboxylic acids is 1. The van der Waals surface area contributed by atoms with Crippen LogP contribution in [-0.2, 0) is 14.3 Å². The van der Waals surface area contributed by atoms with Gasteiger partial charge in [0.1, 0.15) is 6.61 Å². The molecule has 0 radical (unpaired) electrons. The highest BCUT2D eigenvalue weighted by atomic mass is 16.5. The molecule has 0 amide bonds. The van der Waals surface area contributed by atoms with Crippen LogP contribution in [0.3, 0.4) is 0 Å². The predicted molar refractivity (Wildman–Crippen MR) is 67.6 cm³/mol. The molecule has 19 heavy (non-hydrogen) atoms. The molecule has 0 rings (SSSR count). The fourth-order valence-corrected chi connectivity index (χ4v) is 0.692. The van der Waals surface area contributed by atoms with Crippen LogP contribution in [0.2, 0.25) is 0 Å². The lowest BCUT2D eigenvalue weighted by molar-refractivity contribution is -0.140. The lowest BCUT2D eigenvalue weighted by atomic mass is 10.1. The molecule has 6 heteroatoms. The lowest BCUT2D eigenvalue weighted by Gasteiger charge is -2.07. The number of hydrogen-bond acceptors (Lipinski definition) is 5. The van der Waals surface area contributed by atoms with Crippen LogP contribution < -0.4 is 0 Å². The van der Waals surface area contributed by atoms with Crippen LogP contribution in [0.4, 0.5) is 0 Å². The molecule has 0 heterocycles. The second kappa shape index (κ2) is 11.9. The number of rotatable bonds is 6. The minimum atomic E-state index is -0.981. The van der Waals surface area contributed by atoms with E-state index in [2.05, 4.69) is 13.2 Å². The second-order valence-electron chi connectivity index (χ2n) is 3.31. The summed E-state index contributed by atoms with van der Waals surface area (Å²) in [5, 5.41) is 24.5. The Balaban J connectivity index is 0. The summed E-state index contributed by atoms with van der Waals surface area (Å²) in [4.78, 5) is 20.3. The van der Waals surface area contributed by atoms with Gasteiger partial charge in [0.15, 0.2) is 0 Å². The van der Waals surface area contributed by atoms with Gasteiger partial charge < -0.3 is 9.84 Å².